The van der Waals surface area contributed by atoms with Crippen LogP contribution in [0.25, 0.3) is 11.1 Å². The van der Waals surface area contributed by atoms with Crippen LogP contribution in [0.5, 0.6) is 0 Å². The van der Waals surface area contributed by atoms with Crippen LogP contribution in [0.2, 0.25) is 0 Å². The molecule has 0 aromatic heterocycles. The third-order valence-corrected chi connectivity index (χ3v) is 2.86. The molecule has 0 aliphatic carbocycles. The van der Waals surface area contributed by atoms with Crippen molar-refractivity contribution in [3.05, 3.63) is 59.7 Å². The molecule has 0 amide bonds. The van der Waals surface area contributed by atoms with E-state index in [-0.39, 0.29) is 5.78 Å². The van der Waals surface area contributed by atoms with E-state index in [1.54, 1.807) is 0 Å². The molecule has 1 heteroatoms. The molecule has 0 heterocycles. The van der Waals surface area contributed by atoms with Crippen molar-refractivity contribution >= 4 is 5.78 Å². The number of Topliss-reactive ketones (excluding diaryl/α,β-unsaturated/α-hetero) is 1. The second-order valence-corrected chi connectivity index (χ2v) is 4.23. The lowest BCUT2D eigenvalue weighted by atomic mass is 9.99. The second kappa shape index (κ2) is 4.96. The van der Waals surface area contributed by atoms with Gasteiger partial charge in [-0.25, -0.2) is 0 Å². The lowest BCUT2D eigenvalue weighted by Gasteiger charge is -2.05. The van der Waals surface area contributed by atoms with Gasteiger partial charge in [-0.2, -0.15) is 0 Å². The molecule has 2 rings (SSSR count). The third kappa shape index (κ3) is 2.62. The molecule has 0 radical (unpaired) electrons. The molecule has 2 aromatic rings. The van der Waals surface area contributed by atoms with Crippen molar-refractivity contribution in [3.8, 4) is 11.1 Å². The number of carbonyl (C=O) groups is 1. The van der Waals surface area contributed by atoms with Crippen molar-refractivity contribution in [2.75, 3.05) is 0 Å². The van der Waals surface area contributed by atoms with Crippen molar-refractivity contribution < 1.29 is 4.79 Å². The van der Waals surface area contributed by atoms with E-state index in [2.05, 4.69) is 25.1 Å². The Morgan fingerprint density at radius 1 is 1.00 bits per heavy atom. The zero-order valence-corrected chi connectivity index (χ0v) is 10.2. The van der Waals surface area contributed by atoms with E-state index in [0.717, 1.165) is 16.7 Å². The van der Waals surface area contributed by atoms with Gasteiger partial charge in [0.25, 0.3) is 0 Å². The van der Waals surface area contributed by atoms with E-state index < -0.39 is 0 Å². The average Bonchev–Trinajstić information content (AvgIpc) is 2.38. The maximum atomic E-state index is 11.7. The first-order chi connectivity index (χ1) is 8.20. The highest BCUT2D eigenvalue weighted by Crippen LogP contribution is 2.21. The van der Waals surface area contributed by atoms with Crippen LogP contribution in [-0.2, 0) is 0 Å². The molecule has 0 saturated carbocycles. The van der Waals surface area contributed by atoms with Gasteiger partial charge >= 0.3 is 0 Å². The van der Waals surface area contributed by atoms with E-state index >= 15 is 0 Å². The minimum Gasteiger partial charge on any atom is -0.294 e. The molecule has 0 N–H and O–H groups in total. The molecule has 17 heavy (non-hydrogen) atoms. The van der Waals surface area contributed by atoms with Crippen LogP contribution in [0.4, 0.5) is 0 Å². The first-order valence-electron chi connectivity index (χ1n) is 5.91. The molecular formula is C16H16O. The number of benzene rings is 2. The predicted molar refractivity (Wildman–Crippen MR) is 71.2 cm³/mol. The predicted octanol–water partition coefficient (Wildman–Crippen LogP) is 4.25. The molecule has 2 aromatic carbocycles. The monoisotopic (exact) mass is 224 g/mol. The molecule has 0 bridgehead atoms. The van der Waals surface area contributed by atoms with Gasteiger partial charge < -0.3 is 0 Å². The lowest BCUT2D eigenvalue weighted by molar-refractivity contribution is 0.0988. The summed E-state index contributed by atoms with van der Waals surface area (Å²) in [6, 6.07) is 16.2. The highest BCUT2D eigenvalue weighted by atomic mass is 16.1. The van der Waals surface area contributed by atoms with Crippen LogP contribution >= 0.6 is 0 Å². The minimum absolute atomic E-state index is 0.194. The van der Waals surface area contributed by atoms with E-state index in [9.17, 15) is 4.79 Å². The standard InChI is InChI=1S/C16H16O/c1-3-16(17)15-9-5-8-14(11-15)13-7-4-6-12(2)10-13/h4-11H,3H2,1-2H3. The largest absolute Gasteiger partial charge is 0.294 e. The number of ketones is 1. The van der Waals surface area contributed by atoms with Gasteiger partial charge in [0.15, 0.2) is 5.78 Å². The van der Waals surface area contributed by atoms with Crippen LogP contribution in [-0.4, -0.2) is 5.78 Å². The molecule has 0 atom stereocenters. The van der Waals surface area contributed by atoms with Gasteiger partial charge in [-0.3, -0.25) is 4.79 Å². The first-order valence-corrected chi connectivity index (χ1v) is 5.91. The van der Waals surface area contributed by atoms with Crippen LogP contribution in [0.3, 0.4) is 0 Å². The van der Waals surface area contributed by atoms with Gasteiger partial charge in [-0.15, -0.1) is 0 Å². The topological polar surface area (TPSA) is 17.1 Å². The minimum atomic E-state index is 0.194. The maximum absolute atomic E-state index is 11.7. The summed E-state index contributed by atoms with van der Waals surface area (Å²) < 4.78 is 0. The van der Waals surface area contributed by atoms with Gasteiger partial charge in [0, 0.05) is 12.0 Å². The summed E-state index contributed by atoms with van der Waals surface area (Å²) in [5, 5.41) is 0. The fourth-order valence-corrected chi connectivity index (χ4v) is 1.90. The number of aryl methyl sites for hydroxylation is 1. The normalized spacial score (nSPS) is 10.2. The molecule has 1 nitrogen and oxygen atoms in total. The Hall–Kier alpha value is -1.89. The van der Waals surface area contributed by atoms with Crippen LogP contribution in [0, 0.1) is 6.92 Å². The van der Waals surface area contributed by atoms with E-state index in [0.29, 0.717) is 6.42 Å². The van der Waals surface area contributed by atoms with Gasteiger partial charge in [-0.05, 0) is 24.1 Å². The van der Waals surface area contributed by atoms with Crippen molar-refractivity contribution in [2.45, 2.75) is 20.3 Å². The summed E-state index contributed by atoms with van der Waals surface area (Å²) in [5.41, 5.74) is 4.30. The van der Waals surface area contributed by atoms with Gasteiger partial charge in [0.2, 0.25) is 0 Å². The summed E-state index contributed by atoms with van der Waals surface area (Å²) in [6.45, 7) is 3.96. The van der Waals surface area contributed by atoms with Crippen molar-refractivity contribution in [1.82, 2.24) is 0 Å². The first kappa shape index (κ1) is 11.6. The number of hydrogen-bond acceptors (Lipinski definition) is 1. The summed E-state index contributed by atoms with van der Waals surface area (Å²) in [7, 11) is 0. The van der Waals surface area contributed by atoms with E-state index in [4.69, 9.17) is 0 Å². The van der Waals surface area contributed by atoms with Crippen molar-refractivity contribution in [3.63, 3.8) is 0 Å². The number of carbonyl (C=O) groups excluding carboxylic acids is 1. The fourth-order valence-electron chi connectivity index (χ4n) is 1.90. The van der Waals surface area contributed by atoms with Crippen molar-refractivity contribution in [1.29, 1.82) is 0 Å². The summed E-state index contributed by atoms with van der Waals surface area (Å²) in [5.74, 6) is 0.194. The quantitative estimate of drug-likeness (QED) is 0.712. The zero-order valence-electron chi connectivity index (χ0n) is 10.2. The Kier molecular flexibility index (Phi) is 3.38. The summed E-state index contributed by atoms with van der Waals surface area (Å²) >= 11 is 0. The molecule has 0 aliphatic heterocycles. The van der Waals surface area contributed by atoms with Crippen molar-refractivity contribution in [2.24, 2.45) is 0 Å². The highest BCUT2D eigenvalue weighted by Gasteiger charge is 2.04. The fraction of sp³-hybridized carbons (Fsp3) is 0.188. The van der Waals surface area contributed by atoms with Crippen LogP contribution < -0.4 is 0 Å². The van der Waals surface area contributed by atoms with Gasteiger partial charge in [-0.1, -0.05) is 55.0 Å². The van der Waals surface area contributed by atoms with Crippen LogP contribution in [0.1, 0.15) is 29.3 Å². The van der Waals surface area contributed by atoms with E-state index in [1.165, 1.54) is 5.56 Å². The van der Waals surface area contributed by atoms with Crippen LogP contribution in [0.15, 0.2) is 48.5 Å². The Morgan fingerprint density at radius 2 is 1.65 bits per heavy atom. The Morgan fingerprint density at radius 3 is 2.29 bits per heavy atom. The zero-order chi connectivity index (χ0) is 12.3. The third-order valence-electron chi connectivity index (χ3n) is 2.86. The number of rotatable bonds is 3. The lowest BCUT2D eigenvalue weighted by Crippen LogP contribution is -1.96. The SMILES string of the molecule is CCC(=O)c1cccc(-c2cccc(C)c2)c1. The highest BCUT2D eigenvalue weighted by molar-refractivity contribution is 5.97. The molecule has 0 unspecified atom stereocenters. The smallest absolute Gasteiger partial charge is 0.162 e. The molecular weight excluding hydrogens is 208 g/mol. The molecule has 86 valence electrons. The average molecular weight is 224 g/mol. The Balaban J connectivity index is 2.43. The maximum Gasteiger partial charge on any atom is 0.162 e. The number of hydrogen-bond donors (Lipinski definition) is 0. The van der Waals surface area contributed by atoms with Gasteiger partial charge in [0.1, 0.15) is 0 Å². The molecule has 0 saturated heterocycles. The molecule has 0 fully saturated rings. The molecule has 0 aliphatic rings. The Labute approximate surface area is 102 Å². The second-order valence-electron chi connectivity index (χ2n) is 4.23. The summed E-state index contributed by atoms with van der Waals surface area (Å²) in [4.78, 5) is 11.7. The Bertz CT molecular complexity index is 541. The summed E-state index contributed by atoms with van der Waals surface area (Å²) in [6.07, 6.45) is 0.553. The molecule has 0 spiro atoms. The van der Waals surface area contributed by atoms with E-state index in [1.807, 2.05) is 37.3 Å². The van der Waals surface area contributed by atoms with Gasteiger partial charge in [0.05, 0.1) is 0 Å².